The lowest BCUT2D eigenvalue weighted by molar-refractivity contribution is 0.0600. The summed E-state index contributed by atoms with van der Waals surface area (Å²) in [6, 6.07) is 1.89. The second-order valence-electron chi connectivity index (χ2n) is 5.10. The summed E-state index contributed by atoms with van der Waals surface area (Å²) in [5.74, 6) is -0.391. The smallest absolute Gasteiger partial charge is 0.338 e. The molecule has 1 rings (SSSR count). The molecule has 1 aromatic carbocycles. The van der Waals surface area contributed by atoms with E-state index in [9.17, 15) is 4.79 Å². The van der Waals surface area contributed by atoms with Crippen molar-refractivity contribution in [3.8, 4) is 0 Å². The van der Waals surface area contributed by atoms with Gasteiger partial charge in [0.1, 0.15) is 0 Å². The highest BCUT2D eigenvalue weighted by molar-refractivity contribution is 6.01. The third-order valence-corrected chi connectivity index (χ3v) is 3.58. The van der Waals surface area contributed by atoms with Gasteiger partial charge < -0.3 is 25.5 Å². The van der Waals surface area contributed by atoms with E-state index in [0.29, 0.717) is 12.2 Å². The number of esters is 1. The number of hydrogen-bond donors (Lipinski definition) is 3. The van der Waals surface area contributed by atoms with Crippen LogP contribution in [0.3, 0.4) is 0 Å². The van der Waals surface area contributed by atoms with Gasteiger partial charge >= 0.3 is 5.97 Å². The van der Waals surface area contributed by atoms with Gasteiger partial charge in [0.25, 0.3) is 0 Å². The summed E-state index contributed by atoms with van der Waals surface area (Å²) in [7, 11) is 4.80. The van der Waals surface area contributed by atoms with Gasteiger partial charge in [0.2, 0.25) is 0 Å². The van der Waals surface area contributed by atoms with Crippen molar-refractivity contribution in [2.75, 3.05) is 38.5 Å². The van der Waals surface area contributed by atoms with E-state index >= 15 is 0 Å². The lowest BCUT2D eigenvalue weighted by Gasteiger charge is -2.21. The Morgan fingerprint density at radius 2 is 2.14 bits per heavy atom. The first-order valence-electron chi connectivity index (χ1n) is 7.19. The Bertz CT molecular complexity index is 544. The molecule has 122 valence electrons. The number of methoxy groups -OCH3 is 2. The van der Waals surface area contributed by atoms with Gasteiger partial charge in [-0.3, -0.25) is 0 Å². The maximum absolute atomic E-state index is 12.0. The molecular formula is C16H25N3O3. The molecule has 0 saturated heterocycles. The van der Waals surface area contributed by atoms with Gasteiger partial charge in [-0.1, -0.05) is 0 Å². The molecule has 0 aliphatic rings. The van der Waals surface area contributed by atoms with Gasteiger partial charge in [0.05, 0.1) is 12.7 Å². The predicted molar refractivity (Wildman–Crippen MR) is 89.5 cm³/mol. The zero-order valence-electron chi connectivity index (χ0n) is 13.9. The van der Waals surface area contributed by atoms with Crippen LogP contribution in [0.25, 0.3) is 0 Å². The molecule has 6 heteroatoms. The Balaban J connectivity index is 3.29. The lowest BCUT2D eigenvalue weighted by atomic mass is 9.99. The summed E-state index contributed by atoms with van der Waals surface area (Å²) in [5.41, 5.74) is 3.45. The molecule has 0 saturated carbocycles. The van der Waals surface area contributed by atoms with Crippen molar-refractivity contribution in [3.05, 3.63) is 22.8 Å². The van der Waals surface area contributed by atoms with Crippen molar-refractivity contribution in [2.45, 2.75) is 26.3 Å². The topological polar surface area (TPSA) is 83.4 Å². The normalized spacial score (nSPS) is 11.7. The van der Waals surface area contributed by atoms with Crippen LogP contribution in [-0.2, 0) is 9.47 Å². The monoisotopic (exact) mass is 307 g/mol. The molecule has 6 nitrogen and oxygen atoms in total. The average molecular weight is 307 g/mol. The number of hydrogen-bond acceptors (Lipinski definition) is 6. The molecule has 1 unspecified atom stereocenters. The fourth-order valence-corrected chi connectivity index (χ4v) is 2.35. The number of ether oxygens (including phenoxy) is 2. The van der Waals surface area contributed by atoms with Gasteiger partial charge in [-0.05, 0) is 31.9 Å². The number of carbonyl (C=O) groups excluding carboxylic acids is 1. The second-order valence-corrected chi connectivity index (χ2v) is 5.10. The maximum Gasteiger partial charge on any atom is 0.338 e. The highest BCUT2D eigenvalue weighted by Gasteiger charge is 2.19. The zero-order chi connectivity index (χ0) is 16.7. The van der Waals surface area contributed by atoms with Crippen molar-refractivity contribution in [1.29, 1.82) is 5.41 Å². The Hall–Kier alpha value is -2.08. The van der Waals surface area contributed by atoms with E-state index in [1.165, 1.54) is 13.3 Å². The first kappa shape index (κ1) is 18.0. The molecule has 0 radical (unpaired) electrons. The van der Waals surface area contributed by atoms with Crippen molar-refractivity contribution >= 4 is 23.6 Å². The largest absolute Gasteiger partial charge is 0.465 e. The van der Waals surface area contributed by atoms with Crippen molar-refractivity contribution in [2.24, 2.45) is 0 Å². The molecule has 0 heterocycles. The highest BCUT2D eigenvalue weighted by atomic mass is 16.5. The minimum atomic E-state index is -0.391. The minimum absolute atomic E-state index is 0.150. The Labute approximate surface area is 131 Å². The van der Waals surface area contributed by atoms with Crippen LogP contribution >= 0.6 is 0 Å². The minimum Gasteiger partial charge on any atom is -0.465 e. The maximum atomic E-state index is 12.0. The molecule has 0 aliphatic carbocycles. The molecule has 0 spiro atoms. The van der Waals surface area contributed by atoms with E-state index < -0.39 is 5.97 Å². The Morgan fingerprint density at radius 1 is 1.45 bits per heavy atom. The van der Waals surface area contributed by atoms with E-state index in [2.05, 4.69) is 10.6 Å². The number of benzene rings is 1. The fourth-order valence-electron chi connectivity index (χ4n) is 2.35. The second kappa shape index (κ2) is 8.38. The van der Waals surface area contributed by atoms with Gasteiger partial charge in [0.15, 0.2) is 0 Å². The Kier molecular flexibility index (Phi) is 6.85. The molecular weight excluding hydrogens is 282 g/mol. The molecule has 0 fully saturated rings. The van der Waals surface area contributed by atoms with E-state index in [0.717, 1.165) is 28.9 Å². The summed E-state index contributed by atoms with van der Waals surface area (Å²) in [6.07, 6.45) is 2.11. The first-order valence-corrected chi connectivity index (χ1v) is 7.19. The summed E-state index contributed by atoms with van der Waals surface area (Å²) in [5, 5.41) is 14.1. The number of rotatable bonds is 8. The predicted octanol–water partition coefficient (Wildman–Crippen LogP) is 2.66. The van der Waals surface area contributed by atoms with Crippen molar-refractivity contribution in [1.82, 2.24) is 0 Å². The molecule has 1 aromatic rings. The lowest BCUT2D eigenvalue weighted by Crippen LogP contribution is -2.20. The van der Waals surface area contributed by atoms with E-state index in [1.807, 2.05) is 13.8 Å². The van der Waals surface area contributed by atoms with Gasteiger partial charge in [-0.15, -0.1) is 0 Å². The van der Waals surface area contributed by atoms with Crippen LogP contribution in [0.15, 0.2) is 6.07 Å². The van der Waals surface area contributed by atoms with Gasteiger partial charge in [-0.25, -0.2) is 4.79 Å². The SMILES string of the molecule is CNc1c(C)c(C(=O)OC)cc(NC(C)CCOC)c1C=N. The van der Waals surface area contributed by atoms with Gasteiger partial charge in [-0.2, -0.15) is 0 Å². The standard InChI is InChI=1S/C16H25N3O3/c1-10(6-7-21-4)19-14-8-12(16(20)22-5)11(2)15(18-3)13(14)9-17/h8-10,17-19H,6-7H2,1-5H3. The Morgan fingerprint density at radius 3 is 2.64 bits per heavy atom. The van der Waals surface area contributed by atoms with Crippen molar-refractivity contribution < 1.29 is 14.3 Å². The molecule has 22 heavy (non-hydrogen) atoms. The average Bonchev–Trinajstić information content (AvgIpc) is 2.52. The van der Waals surface area contributed by atoms with E-state index in [-0.39, 0.29) is 6.04 Å². The molecule has 1 atom stereocenters. The molecule has 3 N–H and O–H groups in total. The fraction of sp³-hybridized carbons (Fsp3) is 0.500. The van der Waals surface area contributed by atoms with Crippen LogP contribution in [0.4, 0.5) is 11.4 Å². The summed E-state index contributed by atoms with van der Waals surface area (Å²) < 4.78 is 9.92. The van der Waals surface area contributed by atoms with Crippen LogP contribution in [0.2, 0.25) is 0 Å². The molecule has 0 aromatic heterocycles. The van der Waals surface area contributed by atoms with E-state index in [1.54, 1.807) is 20.2 Å². The van der Waals surface area contributed by atoms with Crippen LogP contribution in [0, 0.1) is 12.3 Å². The quantitative estimate of drug-likeness (QED) is 0.508. The summed E-state index contributed by atoms with van der Waals surface area (Å²) in [4.78, 5) is 12.0. The molecule has 0 bridgehead atoms. The van der Waals surface area contributed by atoms with Crippen molar-refractivity contribution in [3.63, 3.8) is 0 Å². The van der Waals surface area contributed by atoms with Crippen LogP contribution in [0.1, 0.15) is 34.8 Å². The van der Waals surface area contributed by atoms with Crippen LogP contribution < -0.4 is 10.6 Å². The molecule has 0 amide bonds. The summed E-state index contributed by atoms with van der Waals surface area (Å²) >= 11 is 0. The first-order chi connectivity index (χ1) is 10.5. The molecule has 0 aliphatic heterocycles. The zero-order valence-corrected chi connectivity index (χ0v) is 13.9. The van der Waals surface area contributed by atoms with Gasteiger partial charge in [0, 0.05) is 50.0 Å². The number of anilines is 2. The number of carbonyl (C=O) groups is 1. The highest BCUT2D eigenvalue weighted by Crippen LogP contribution is 2.31. The van der Waals surface area contributed by atoms with E-state index in [4.69, 9.17) is 14.9 Å². The summed E-state index contributed by atoms with van der Waals surface area (Å²) in [6.45, 7) is 4.51. The third-order valence-electron chi connectivity index (χ3n) is 3.58. The van der Waals surface area contributed by atoms with Crippen LogP contribution in [-0.4, -0.2) is 46.1 Å². The van der Waals surface area contributed by atoms with Crippen LogP contribution in [0.5, 0.6) is 0 Å². The third kappa shape index (κ3) is 3.98. The number of nitrogens with one attached hydrogen (secondary N) is 3.